The van der Waals surface area contributed by atoms with Crippen LogP contribution < -0.4 is 0 Å². The van der Waals surface area contributed by atoms with Crippen molar-refractivity contribution in [3.63, 3.8) is 0 Å². The first-order valence-electron chi connectivity index (χ1n) is 7.77. The third kappa shape index (κ3) is 15.1. The van der Waals surface area contributed by atoms with Crippen LogP contribution in [-0.4, -0.2) is 36.9 Å². The van der Waals surface area contributed by atoms with Crippen molar-refractivity contribution < 1.29 is 24.2 Å². The Kier molecular flexibility index (Phi) is 10.9. The quantitative estimate of drug-likeness (QED) is 0.469. The van der Waals surface area contributed by atoms with Crippen molar-refractivity contribution in [2.24, 2.45) is 5.41 Å². The number of carbonyl (C=O) groups excluding carboxylic acids is 2. The second-order valence-electron chi connectivity index (χ2n) is 6.39. The molecule has 0 aliphatic heterocycles. The zero-order valence-electron chi connectivity index (χ0n) is 13.7. The molecule has 0 radical (unpaired) electrons. The summed E-state index contributed by atoms with van der Waals surface area (Å²) >= 11 is 0. The molecule has 0 amide bonds. The molecule has 0 unspecified atom stereocenters. The normalized spacial score (nSPS) is 11.2. The molecule has 0 aromatic rings. The van der Waals surface area contributed by atoms with Crippen LogP contribution in [0.15, 0.2) is 0 Å². The minimum absolute atomic E-state index is 0.0172. The van der Waals surface area contributed by atoms with E-state index in [9.17, 15) is 9.59 Å². The maximum atomic E-state index is 11.4. The van der Waals surface area contributed by atoms with E-state index < -0.39 is 0 Å². The molecule has 0 rings (SSSR count). The molecule has 21 heavy (non-hydrogen) atoms. The van der Waals surface area contributed by atoms with Gasteiger partial charge in [0.2, 0.25) is 0 Å². The van der Waals surface area contributed by atoms with Gasteiger partial charge in [-0.2, -0.15) is 0 Å². The van der Waals surface area contributed by atoms with E-state index in [1.807, 2.05) is 0 Å². The van der Waals surface area contributed by atoms with Gasteiger partial charge in [0.1, 0.15) is 0 Å². The summed E-state index contributed by atoms with van der Waals surface area (Å²) in [7, 11) is 0. The Morgan fingerprint density at radius 2 is 1.38 bits per heavy atom. The summed E-state index contributed by atoms with van der Waals surface area (Å²) in [5.41, 5.74) is 0.323. The lowest BCUT2D eigenvalue weighted by molar-refractivity contribution is -0.147. The van der Waals surface area contributed by atoms with Crippen LogP contribution in [0.2, 0.25) is 0 Å². The van der Waals surface area contributed by atoms with E-state index >= 15 is 0 Å². The van der Waals surface area contributed by atoms with Gasteiger partial charge in [0.25, 0.3) is 0 Å². The Hall–Kier alpha value is -1.10. The highest BCUT2D eigenvalue weighted by atomic mass is 16.5. The lowest BCUT2D eigenvalue weighted by atomic mass is 9.90. The first-order chi connectivity index (χ1) is 9.85. The van der Waals surface area contributed by atoms with Crippen LogP contribution in [-0.2, 0) is 19.1 Å². The molecule has 0 saturated carbocycles. The fourth-order valence-electron chi connectivity index (χ4n) is 1.71. The molecular formula is C16H30O5. The third-order valence-corrected chi connectivity index (χ3v) is 2.91. The zero-order valence-corrected chi connectivity index (χ0v) is 13.7. The molecule has 0 bridgehead atoms. The summed E-state index contributed by atoms with van der Waals surface area (Å²) in [6.45, 7) is 7.26. The van der Waals surface area contributed by atoms with Gasteiger partial charge in [-0.3, -0.25) is 9.59 Å². The number of carbonyl (C=O) groups is 2. The van der Waals surface area contributed by atoms with Crippen molar-refractivity contribution in [1.29, 1.82) is 0 Å². The van der Waals surface area contributed by atoms with E-state index in [2.05, 4.69) is 20.8 Å². The van der Waals surface area contributed by atoms with Crippen LogP contribution >= 0.6 is 0 Å². The third-order valence-electron chi connectivity index (χ3n) is 2.91. The highest BCUT2D eigenvalue weighted by Crippen LogP contribution is 2.21. The lowest BCUT2D eigenvalue weighted by Gasteiger charge is -2.17. The molecule has 0 saturated heterocycles. The summed E-state index contributed by atoms with van der Waals surface area (Å²) in [6, 6.07) is 0. The average Bonchev–Trinajstić information content (AvgIpc) is 2.39. The average molecular weight is 302 g/mol. The van der Waals surface area contributed by atoms with Gasteiger partial charge in [-0.05, 0) is 37.5 Å². The highest BCUT2D eigenvalue weighted by Gasteiger charge is 2.09. The summed E-state index contributed by atoms with van der Waals surface area (Å²) in [5, 5.41) is 8.56. The topological polar surface area (TPSA) is 72.8 Å². The number of ether oxygens (including phenoxy) is 2. The minimum atomic E-state index is -0.334. The van der Waals surface area contributed by atoms with Crippen LogP contribution in [0.25, 0.3) is 0 Å². The molecule has 0 atom stereocenters. The van der Waals surface area contributed by atoms with Crippen molar-refractivity contribution >= 4 is 11.9 Å². The van der Waals surface area contributed by atoms with Gasteiger partial charge in [-0.15, -0.1) is 0 Å². The van der Waals surface area contributed by atoms with Crippen molar-refractivity contribution in [2.75, 3.05) is 19.8 Å². The highest BCUT2D eigenvalue weighted by molar-refractivity contribution is 5.70. The van der Waals surface area contributed by atoms with Crippen molar-refractivity contribution in [3.05, 3.63) is 0 Å². The SMILES string of the molecule is CC(C)(C)CCCCOC(=O)CCCOC(=O)CCCO. The predicted molar refractivity (Wildman–Crippen MR) is 80.8 cm³/mol. The number of aliphatic hydroxyl groups is 1. The maximum Gasteiger partial charge on any atom is 0.305 e. The largest absolute Gasteiger partial charge is 0.466 e. The maximum absolute atomic E-state index is 11.4. The summed E-state index contributed by atoms with van der Waals surface area (Å²) in [4.78, 5) is 22.5. The smallest absolute Gasteiger partial charge is 0.305 e. The Balaban J connectivity index is 3.41. The first-order valence-corrected chi connectivity index (χ1v) is 7.77. The molecule has 0 aliphatic rings. The fourth-order valence-corrected chi connectivity index (χ4v) is 1.71. The van der Waals surface area contributed by atoms with Crippen molar-refractivity contribution in [3.8, 4) is 0 Å². The monoisotopic (exact) mass is 302 g/mol. The number of unbranched alkanes of at least 4 members (excludes halogenated alkanes) is 1. The van der Waals surface area contributed by atoms with E-state index in [0.29, 0.717) is 24.9 Å². The number of hydrogen-bond acceptors (Lipinski definition) is 5. The van der Waals surface area contributed by atoms with Crippen LogP contribution in [0.1, 0.15) is 65.7 Å². The zero-order chi connectivity index (χ0) is 16.1. The molecule has 124 valence electrons. The number of hydrogen-bond donors (Lipinski definition) is 1. The van der Waals surface area contributed by atoms with E-state index in [0.717, 1.165) is 19.3 Å². The molecule has 0 fully saturated rings. The van der Waals surface area contributed by atoms with Gasteiger partial charge >= 0.3 is 11.9 Å². The number of aliphatic hydroxyl groups excluding tert-OH is 1. The molecule has 1 N–H and O–H groups in total. The van der Waals surface area contributed by atoms with Crippen LogP contribution in [0, 0.1) is 5.41 Å². The molecule has 5 nitrogen and oxygen atoms in total. The van der Waals surface area contributed by atoms with Crippen molar-refractivity contribution in [1.82, 2.24) is 0 Å². The van der Waals surface area contributed by atoms with Gasteiger partial charge in [0, 0.05) is 19.4 Å². The van der Waals surface area contributed by atoms with E-state index in [1.54, 1.807) is 0 Å². The summed E-state index contributed by atoms with van der Waals surface area (Å²) in [5.74, 6) is -0.572. The van der Waals surface area contributed by atoms with Crippen LogP contribution in [0.3, 0.4) is 0 Å². The first kappa shape index (κ1) is 19.9. The van der Waals surface area contributed by atoms with Gasteiger partial charge in [-0.25, -0.2) is 0 Å². The summed E-state index contributed by atoms with van der Waals surface area (Å²) in [6.07, 6.45) is 4.44. The summed E-state index contributed by atoms with van der Waals surface area (Å²) < 4.78 is 10.0. The van der Waals surface area contributed by atoms with Crippen LogP contribution in [0.4, 0.5) is 0 Å². The molecule has 0 aromatic carbocycles. The second kappa shape index (κ2) is 11.5. The lowest BCUT2D eigenvalue weighted by Crippen LogP contribution is -2.10. The molecule has 0 aromatic heterocycles. The van der Waals surface area contributed by atoms with E-state index in [1.165, 1.54) is 0 Å². The predicted octanol–water partition coefficient (Wildman–Crippen LogP) is 2.84. The Bertz CT molecular complexity index is 294. The Morgan fingerprint density at radius 1 is 0.857 bits per heavy atom. The molecular weight excluding hydrogens is 272 g/mol. The van der Waals surface area contributed by atoms with E-state index in [4.69, 9.17) is 14.6 Å². The fraction of sp³-hybridized carbons (Fsp3) is 0.875. The standard InChI is InChI=1S/C16H30O5/c1-16(2,3)10-4-5-12-20-15(19)9-7-13-21-14(18)8-6-11-17/h17H,4-13H2,1-3H3. The second-order valence-corrected chi connectivity index (χ2v) is 6.39. The number of esters is 2. The Morgan fingerprint density at radius 3 is 1.90 bits per heavy atom. The van der Waals surface area contributed by atoms with Gasteiger partial charge in [0.05, 0.1) is 13.2 Å². The molecule has 5 heteroatoms. The van der Waals surface area contributed by atoms with Crippen LogP contribution in [0.5, 0.6) is 0 Å². The van der Waals surface area contributed by atoms with Crippen molar-refractivity contribution in [2.45, 2.75) is 65.7 Å². The van der Waals surface area contributed by atoms with E-state index in [-0.39, 0.29) is 38.0 Å². The molecule has 0 heterocycles. The molecule has 0 aliphatic carbocycles. The minimum Gasteiger partial charge on any atom is -0.466 e. The van der Waals surface area contributed by atoms with Gasteiger partial charge in [-0.1, -0.05) is 20.8 Å². The molecule has 0 spiro atoms. The van der Waals surface area contributed by atoms with Gasteiger partial charge in [0.15, 0.2) is 0 Å². The Labute approximate surface area is 128 Å². The van der Waals surface area contributed by atoms with Gasteiger partial charge < -0.3 is 14.6 Å². The number of rotatable bonds is 11.